The lowest BCUT2D eigenvalue weighted by molar-refractivity contribution is -0.134. The average molecular weight is 310 g/mol. The standard InChI is InChI=1S/C15H22N2O3S/c1-3-12-11-7-10-21-13(11)6-9-17(12)14(18)5-8-16-15(19)20-4-2/h7,10,12H,3-6,8-9H2,1-2H3,(H,16,19). The van der Waals surface area contributed by atoms with E-state index in [9.17, 15) is 9.59 Å². The van der Waals surface area contributed by atoms with Crippen molar-refractivity contribution < 1.29 is 14.3 Å². The number of fused-ring (bicyclic) bond motifs is 1. The topological polar surface area (TPSA) is 58.6 Å². The van der Waals surface area contributed by atoms with Crippen molar-refractivity contribution in [2.24, 2.45) is 0 Å². The van der Waals surface area contributed by atoms with Crippen LogP contribution >= 0.6 is 11.3 Å². The molecule has 0 fully saturated rings. The Hall–Kier alpha value is -1.56. The van der Waals surface area contributed by atoms with Crippen LogP contribution in [0.2, 0.25) is 0 Å². The minimum absolute atomic E-state index is 0.0931. The van der Waals surface area contributed by atoms with E-state index in [1.807, 2.05) is 4.90 Å². The molecule has 0 bridgehead atoms. The number of carbonyl (C=O) groups excluding carboxylic acids is 2. The maximum atomic E-state index is 12.4. The lowest BCUT2D eigenvalue weighted by atomic mass is 9.97. The highest BCUT2D eigenvalue weighted by atomic mass is 32.1. The summed E-state index contributed by atoms with van der Waals surface area (Å²) in [4.78, 5) is 26.9. The number of alkyl carbamates (subject to hydrolysis) is 1. The zero-order chi connectivity index (χ0) is 15.2. The van der Waals surface area contributed by atoms with E-state index in [0.29, 0.717) is 19.6 Å². The average Bonchev–Trinajstić information content (AvgIpc) is 2.94. The Morgan fingerprint density at radius 1 is 1.48 bits per heavy atom. The quantitative estimate of drug-likeness (QED) is 0.909. The lowest BCUT2D eigenvalue weighted by Crippen LogP contribution is -2.40. The van der Waals surface area contributed by atoms with E-state index in [1.165, 1.54) is 10.4 Å². The zero-order valence-corrected chi connectivity index (χ0v) is 13.4. The molecule has 0 aliphatic carbocycles. The Labute approximate surface area is 129 Å². The molecular weight excluding hydrogens is 288 g/mol. The number of ether oxygens (including phenoxy) is 1. The van der Waals surface area contributed by atoms with Gasteiger partial charge in [-0.25, -0.2) is 4.79 Å². The van der Waals surface area contributed by atoms with E-state index in [0.717, 1.165) is 19.4 Å². The molecule has 1 N–H and O–H groups in total. The molecule has 1 atom stereocenters. The predicted molar refractivity (Wildman–Crippen MR) is 82.4 cm³/mol. The number of carbonyl (C=O) groups is 2. The molecule has 0 radical (unpaired) electrons. The molecule has 2 rings (SSSR count). The predicted octanol–water partition coefficient (Wildman–Crippen LogP) is 2.72. The molecule has 1 aliphatic rings. The molecule has 1 aromatic rings. The fourth-order valence-corrected chi connectivity index (χ4v) is 3.66. The normalized spacial score (nSPS) is 17.2. The van der Waals surface area contributed by atoms with Crippen LogP contribution in [0.5, 0.6) is 0 Å². The highest BCUT2D eigenvalue weighted by Gasteiger charge is 2.29. The second kappa shape index (κ2) is 7.45. The van der Waals surface area contributed by atoms with Gasteiger partial charge in [-0.3, -0.25) is 4.79 Å². The van der Waals surface area contributed by atoms with Gasteiger partial charge in [-0.2, -0.15) is 0 Å². The third-order valence-electron chi connectivity index (χ3n) is 3.69. The van der Waals surface area contributed by atoms with Gasteiger partial charge in [-0.15, -0.1) is 11.3 Å². The second-order valence-electron chi connectivity index (χ2n) is 4.96. The van der Waals surface area contributed by atoms with Crippen molar-refractivity contribution in [3.63, 3.8) is 0 Å². The first-order valence-corrected chi connectivity index (χ1v) is 8.31. The van der Waals surface area contributed by atoms with Crippen LogP contribution in [0.4, 0.5) is 4.79 Å². The van der Waals surface area contributed by atoms with Crippen molar-refractivity contribution in [2.75, 3.05) is 19.7 Å². The summed E-state index contributed by atoms with van der Waals surface area (Å²) in [6.45, 7) is 5.29. The van der Waals surface area contributed by atoms with E-state index in [4.69, 9.17) is 4.74 Å². The van der Waals surface area contributed by atoms with Crippen molar-refractivity contribution in [3.05, 3.63) is 21.9 Å². The second-order valence-corrected chi connectivity index (χ2v) is 5.96. The lowest BCUT2D eigenvalue weighted by Gasteiger charge is -2.35. The Kier molecular flexibility index (Phi) is 5.61. The van der Waals surface area contributed by atoms with E-state index in [1.54, 1.807) is 18.3 Å². The maximum Gasteiger partial charge on any atom is 0.407 e. The highest BCUT2D eigenvalue weighted by molar-refractivity contribution is 7.10. The number of amides is 2. The molecule has 2 amide bonds. The first kappa shape index (κ1) is 15.8. The molecule has 5 nitrogen and oxygen atoms in total. The summed E-state index contributed by atoms with van der Waals surface area (Å²) in [6.07, 6.45) is 1.70. The van der Waals surface area contributed by atoms with E-state index in [-0.39, 0.29) is 11.9 Å². The van der Waals surface area contributed by atoms with Crippen molar-refractivity contribution in [1.29, 1.82) is 0 Å². The van der Waals surface area contributed by atoms with Crippen LogP contribution in [0, 0.1) is 0 Å². The van der Waals surface area contributed by atoms with Gasteiger partial charge >= 0.3 is 6.09 Å². The van der Waals surface area contributed by atoms with E-state index in [2.05, 4.69) is 23.7 Å². The van der Waals surface area contributed by atoms with Crippen LogP contribution in [0.3, 0.4) is 0 Å². The van der Waals surface area contributed by atoms with Crippen LogP contribution in [-0.4, -0.2) is 36.6 Å². The van der Waals surface area contributed by atoms with Gasteiger partial charge in [-0.05, 0) is 36.8 Å². The third kappa shape index (κ3) is 3.75. The van der Waals surface area contributed by atoms with Gasteiger partial charge < -0.3 is 15.0 Å². The molecule has 1 unspecified atom stereocenters. The molecule has 21 heavy (non-hydrogen) atoms. The molecule has 116 valence electrons. The Balaban J connectivity index is 1.89. The van der Waals surface area contributed by atoms with Gasteiger partial charge in [0.2, 0.25) is 5.91 Å². The van der Waals surface area contributed by atoms with Gasteiger partial charge in [0, 0.05) is 24.4 Å². The van der Waals surface area contributed by atoms with Crippen molar-refractivity contribution in [2.45, 2.75) is 39.2 Å². The Morgan fingerprint density at radius 2 is 2.29 bits per heavy atom. The third-order valence-corrected chi connectivity index (χ3v) is 4.68. The number of hydrogen-bond acceptors (Lipinski definition) is 4. The van der Waals surface area contributed by atoms with Gasteiger partial charge in [0.1, 0.15) is 0 Å². The molecular formula is C15H22N2O3S. The molecule has 0 saturated carbocycles. The zero-order valence-electron chi connectivity index (χ0n) is 12.6. The summed E-state index contributed by atoms with van der Waals surface area (Å²) in [5.74, 6) is 0.0931. The van der Waals surface area contributed by atoms with Crippen LogP contribution in [-0.2, 0) is 16.0 Å². The summed E-state index contributed by atoms with van der Waals surface area (Å²) in [7, 11) is 0. The SMILES string of the molecule is CCOC(=O)NCCC(=O)N1CCc2sccc2C1CC. The van der Waals surface area contributed by atoms with Gasteiger partial charge in [0.15, 0.2) is 0 Å². The van der Waals surface area contributed by atoms with Crippen LogP contribution in [0.1, 0.15) is 43.2 Å². The number of thiophene rings is 1. The Morgan fingerprint density at radius 3 is 3.00 bits per heavy atom. The smallest absolute Gasteiger partial charge is 0.407 e. The van der Waals surface area contributed by atoms with Crippen molar-refractivity contribution in [3.8, 4) is 0 Å². The molecule has 6 heteroatoms. The summed E-state index contributed by atoms with van der Waals surface area (Å²) < 4.78 is 4.77. The summed E-state index contributed by atoms with van der Waals surface area (Å²) in [6, 6.07) is 2.31. The fourth-order valence-electron chi connectivity index (χ4n) is 2.73. The summed E-state index contributed by atoms with van der Waals surface area (Å²) in [5.41, 5.74) is 1.29. The molecule has 1 aromatic heterocycles. The first-order valence-electron chi connectivity index (χ1n) is 7.43. The fraction of sp³-hybridized carbons (Fsp3) is 0.600. The number of hydrogen-bond donors (Lipinski definition) is 1. The monoisotopic (exact) mass is 310 g/mol. The van der Waals surface area contributed by atoms with E-state index < -0.39 is 6.09 Å². The first-order chi connectivity index (χ1) is 10.2. The Bertz CT molecular complexity index is 501. The highest BCUT2D eigenvalue weighted by Crippen LogP contribution is 2.35. The van der Waals surface area contributed by atoms with Crippen molar-refractivity contribution in [1.82, 2.24) is 10.2 Å². The number of nitrogens with one attached hydrogen (secondary N) is 1. The molecule has 0 aromatic carbocycles. The van der Waals surface area contributed by atoms with Crippen LogP contribution in [0.15, 0.2) is 11.4 Å². The molecule has 2 heterocycles. The molecule has 1 aliphatic heterocycles. The van der Waals surface area contributed by atoms with Crippen molar-refractivity contribution >= 4 is 23.3 Å². The van der Waals surface area contributed by atoms with Gasteiger partial charge in [0.25, 0.3) is 0 Å². The van der Waals surface area contributed by atoms with E-state index >= 15 is 0 Å². The number of rotatable bonds is 5. The van der Waals surface area contributed by atoms with Gasteiger partial charge in [-0.1, -0.05) is 6.92 Å². The minimum atomic E-state index is -0.462. The van der Waals surface area contributed by atoms with Crippen LogP contribution in [0.25, 0.3) is 0 Å². The minimum Gasteiger partial charge on any atom is -0.450 e. The van der Waals surface area contributed by atoms with Gasteiger partial charge in [0.05, 0.1) is 12.6 Å². The van der Waals surface area contributed by atoms with Crippen LogP contribution < -0.4 is 5.32 Å². The molecule has 0 spiro atoms. The summed E-state index contributed by atoms with van der Waals surface area (Å²) >= 11 is 1.77. The molecule has 0 saturated heterocycles. The maximum absolute atomic E-state index is 12.4. The number of nitrogens with zero attached hydrogens (tertiary/aromatic N) is 1. The largest absolute Gasteiger partial charge is 0.450 e. The summed E-state index contributed by atoms with van der Waals surface area (Å²) in [5, 5.41) is 4.69.